The van der Waals surface area contributed by atoms with Crippen LogP contribution < -0.4 is 14.8 Å². The lowest BCUT2D eigenvalue weighted by molar-refractivity contribution is -0.149. The van der Waals surface area contributed by atoms with E-state index in [1.54, 1.807) is 7.11 Å². The SMILES string of the molecule is COc1cccc2c1OC(C(=O)N[C@H]1[C@@H]3CC4C[C@H]1C[C@](O)(C4)C3)C2. The van der Waals surface area contributed by atoms with E-state index < -0.39 is 11.7 Å². The minimum absolute atomic E-state index is 0.0253. The molecule has 25 heavy (non-hydrogen) atoms. The minimum atomic E-state index is -0.480. The van der Waals surface area contributed by atoms with Gasteiger partial charge in [-0.25, -0.2) is 0 Å². The standard InChI is InChI=1S/C20H25NO4/c1-24-15-4-2-3-12-7-16(25-18(12)15)19(22)21-17-13-5-11-6-14(17)10-20(23,8-11)9-13/h2-4,11,13-14,16-17,23H,5-10H2,1H3,(H,21,22)/t11?,13-,14+,16?,17+,20+. The van der Waals surface area contributed by atoms with Crippen LogP contribution >= 0.6 is 0 Å². The molecule has 5 aliphatic rings. The van der Waals surface area contributed by atoms with E-state index >= 15 is 0 Å². The zero-order valence-electron chi connectivity index (χ0n) is 14.5. The van der Waals surface area contributed by atoms with E-state index in [1.807, 2.05) is 18.2 Å². The van der Waals surface area contributed by atoms with Crippen molar-refractivity contribution in [2.24, 2.45) is 17.8 Å². The third kappa shape index (κ3) is 2.43. The quantitative estimate of drug-likeness (QED) is 0.881. The highest BCUT2D eigenvalue weighted by atomic mass is 16.5. The number of ether oxygens (including phenoxy) is 2. The average molecular weight is 343 g/mol. The number of hydrogen-bond acceptors (Lipinski definition) is 4. The molecule has 6 rings (SSSR count). The molecule has 1 aliphatic heterocycles. The molecule has 0 saturated heterocycles. The second-order valence-electron chi connectivity index (χ2n) is 8.49. The first-order valence-electron chi connectivity index (χ1n) is 9.40. The van der Waals surface area contributed by atoms with Crippen molar-refractivity contribution >= 4 is 5.91 Å². The van der Waals surface area contributed by atoms with Crippen molar-refractivity contribution in [3.8, 4) is 11.5 Å². The molecule has 1 aromatic rings. The molecule has 1 aromatic carbocycles. The Bertz CT molecular complexity index is 702. The molecule has 2 unspecified atom stereocenters. The smallest absolute Gasteiger partial charge is 0.261 e. The van der Waals surface area contributed by atoms with Gasteiger partial charge in [0.2, 0.25) is 0 Å². The first-order valence-corrected chi connectivity index (χ1v) is 9.40. The van der Waals surface area contributed by atoms with Gasteiger partial charge in [0.15, 0.2) is 17.6 Å². The van der Waals surface area contributed by atoms with E-state index in [9.17, 15) is 9.90 Å². The fraction of sp³-hybridized carbons (Fsp3) is 0.650. The molecular formula is C20H25NO4. The predicted octanol–water partition coefficient (Wildman–Crippen LogP) is 2.05. The summed E-state index contributed by atoms with van der Waals surface area (Å²) in [7, 11) is 1.62. The molecule has 0 radical (unpaired) electrons. The van der Waals surface area contributed by atoms with Crippen molar-refractivity contribution in [2.45, 2.75) is 56.3 Å². The van der Waals surface area contributed by atoms with Crippen LogP contribution in [0.4, 0.5) is 0 Å². The maximum Gasteiger partial charge on any atom is 0.261 e. The van der Waals surface area contributed by atoms with Gasteiger partial charge in [0.1, 0.15) is 0 Å². The maximum absolute atomic E-state index is 12.8. The zero-order chi connectivity index (χ0) is 17.2. The molecule has 1 heterocycles. The highest BCUT2D eigenvalue weighted by Crippen LogP contribution is 2.55. The Morgan fingerprint density at radius 2 is 2.04 bits per heavy atom. The number of rotatable bonds is 3. The highest BCUT2D eigenvalue weighted by Gasteiger charge is 2.55. The van der Waals surface area contributed by atoms with Gasteiger partial charge in [0.25, 0.3) is 5.91 Å². The number of carbonyl (C=O) groups is 1. The molecule has 1 amide bonds. The van der Waals surface area contributed by atoms with Crippen LogP contribution in [-0.2, 0) is 11.2 Å². The molecule has 134 valence electrons. The fourth-order valence-electron chi connectivity index (χ4n) is 6.02. The van der Waals surface area contributed by atoms with Crippen LogP contribution in [0.15, 0.2) is 18.2 Å². The van der Waals surface area contributed by atoms with E-state index in [-0.39, 0.29) is 11.9 Å². The van der Waals surface area contributed by atoms with E-state index in [4.69, 9.17) is 9.47 Å². The van der Waals surface area contributed by atoms with Gasteiger partial charge in [-0.3, -0.25) is 4.79 Å². The Morgan fingerprint density at radius 1 is 1.28 bits per heavy atom. The lowest BCUT2D eigenvalue weighted by atomic mass is 9.52. The van der Waals surface area contributed by atoms with E-state index in [1.165, 1.54) is 0 Å². The largest absolute Gasteiger partial charge is 0.493 e. The summed E-state index contributed by atoms with van der Waals surface area (Å²) in [5.41, 5.74) is 0.560. The molecule has 5 nitrogen and oxygen atoms in total. The number of benzene rings is 1. The Hall–Kier alpha value is -1.75. The Labute approximate surface area is 147 Å². The van der Waals surface area contributed by atoms with E-state index in [0.29, 0.717) is 35.7 Å². The number of amides is 1. The summed E-state index contributed by atoms with van der Waals surface area (Å²) in [6.07, 6.45) is 5.03. The van der Waals surface area contributed by atoms with Crippen LogP contribution in [0.2, 0.25) is 0 Å². The van der Waals surface area contributed by atoms with Gasteiger partial charge in [-0.15, -0.1) is 0 Å². The lowest BCUT2D eigenvalue weighted by Crippen LogP contribution is -2.62. The molecule has 2 N–H and O–H groups in total. The van der Waals surface area contributed by atoms with Gasteiger partial charge in [0.05, 0.1) is 12.7 Å². The molecule has 6 atom stereocenters. The minimum Gasteiger partial charge on any atom is -0.493 e. The van der Waals surface area contributed by atoms with Crippen LogP contribution in [0.1, 0.15) is 37.7 Å². The zero-order valence-corrected chi connectivity index (χ0v) is 14.5. The predicted molar refractivity (Wildman–Crippen MR) is 91.5 cm³/mol. The number of aliphatic hydroxyl groups is 1. The van der Waals surface area contributed by atoms with Crippen molar-refractivity contribution in [3.05, 3.63) is 23.8 Å². The van der Waals surface area contributed by atoms with Crippen LogP contribution in [-0.4, -0.2) is 35.9 Å². The molecule has 0 aromatic heterocycles. The summed E-state index contributed by atoms with van der Waals surface area (Å²) in [6, 6.07) is 5.97. The number of hydrogen-bond donors (Lipinski definition) is 2. The second kappa shape index (κ2) is 5.37. The summed E-state index contributed by atoms with van der Waals surface area (Å²) < 4.78 is 11.3. The molecular weight excluding hydrogens is 318 g/mol. The number of methoxy groups -OCH3 is 1. The van der Waals surface area contributed by atoms with Crippen molar-refractivity contribution in [1.82, 2.24) is 5.32 Å². The van der Waals surface area contributed by atoms with Crippen LogP contribution in [0.5, 0.6) is 11.5 Å². The van der Waals surface area contributed by atoms with Gasteiger partial charge in [-0.1, -0.05) is 12.1 Å². The highest BCUT2D eigenvalue weighted by molar-refractivity contribution is 5.83. The fourth-order valence-corrected chi connectivity index (χ4v) is 6.02. The van der Waals surface area contributed by atoms with Crippen LogP contribution in [0.25, 0.3) is 0 Å². The average Bonchev–Trinajstić information content (AvgIpc) is 3.00. The Kier molecular flexibility index (Phi) is 3.33. The third-order valence-electron chi connectivity index (χ3n) is 6.79. The molecule has 4 aliphatic carbocycles. The summed E-state index contributed by atoms with van der Waals surface area (Å²) >= 11 is 0. The van der Waals surface area contributed by atoms with Crippen molar-refractivity contribution in [3.63, 3.8) is 0 Å². The maximum atomic E-state index is 12.8. The monoisotopic (exact) mass is 343 g/mol. The summed E-state index contributed by atoms with van der Waals surface area (Å²) in [5, 5.41) is 14.0. The first-order chi connectivity index (χ1) is 12.0. The number of fused-ring (bicyclic) bond motifs is 1. The van der Waals surface area contributed by atoms with Crippen LogP contribution in [0, 0.1) is 17.8 Å². The lowest BCUT2D eigenvalue weighted by Gasteiger charge is -2.58. The van der Waals surface area contributed by atoms with Crippen molar-refractivity contribution < 1.29 is 19.4 Å². The Balaban J connectivity index is 1.29. The normalized spacial score (nSPS) is 40.5. The van der Waals surface area contributed by atoms with E-state index in [0.717, 1.165) is 37.7 Å². The first kappa shape index (κ1) is 15.5. The molecule has 4 bridgehead atoms. The molecule has 4 saturated carbocycles. The number of para-hydroxylation sites is 1. The summed E-state index contributed by atoms with van der Waals surface area (Å²) in [6.45, 7) is 0. The summed E-state index contributed by atoms with van der Waals surface area (Å²) in [5.74, 6) is 2.83. The molecule has 4 fully saturated rings. The molecule has 0 spiro atoms. The number of carbonyl (C=O) groups excluding carboxylic acids is 1. The van der Waals surface area contributed by atoms with Gasteiger partial charge >= 0.3 is 0 Å². The second-order valence-corrected chi connectivity index (χ2v) is 8.49. The number of nitrogens with one attached hydrogen (secondary N) is 1. The van der Waals surface area contributed by atoms with Gasteiger partial charge < -0.3 is 19.9 Å². The van der Waals surface area contributed by atoms with Crippen molar-refractivity contribution in [1.29, 1.82) is 0 Å². The molecule has 5 heteroatoms. The van der Waals surface area contributed by atoms with E-state index in [2.05, 4.69) is 5.32 Å². The third-order valence-corrected chi connectivity index (χ3v) is 6.79. The van der Waals surface area contributed by atoms with Gasteiger partial charge in [0, 0.05) is 18.0 Å². The van der Waals surface area contributed by atoms with Gasteiger partial charge in [-0.05, 0) is 55.9 Å². The van der Waals surface area contributed by atoms with Crippen molar-refractivity contribution in [2.75, 3.05) is 7.11 Å². The Morgan fingerprint density at radius 3 is 2.72 bits per heavy atom. The van der Waals surface area contributed by atoms with Crippen LogP contribution in [0.3, 0.4) is 0 Å². The topological polar surface area (TPSA) is 67.8 Å². The van der Waals surface area contributed by atoms with Gasteiger partial charge in [-0.2, -0.15) is 0 Å². The summed E-state index contributed by atoms with van der Waals surface area (Å²) in [4.78, 5) is 12.8.